The number of piperazine rings is 1. The molecule has 0 bridgehead atoms. The summed E-state index contributed by atoms with van der Waals surface area (Å²) in [6.07, 6.45) is 1.74. The van der Waals surface area contributed by atoms with Crippen molar-refractivity contribution in [3.05, 3.63) is 18.3 Å². The third-order valence-corrected chi connectivity index (χ3v) is 3.11. The zero-order valence-electron chi connectivity index (χ0n) is 11.1. The number of β-amino-alcohol motifs (C(OH)–C–C–N with tert-alkyl or cyclic N) is 1. The SMILES string of the molecule is CC(C)(O)CN1CCN(c2ccnc(N)c2)CC1. The Bertz CT molecular complexity index is 394. The molecule has 3 N–H and O–H groups in total. The number of nitrogens with zero attached hydrogens (tertiary/aromatic N) is 3. The van der Waals surface area contributed by atoms with Gasteiger partial charge in [0.1, 0.15) is 5.82 Å². The molecule has 18 heavy (non-hydrogen) atoms. The Labute approximate surface area is 108 Å². The van der Waals surface area contributed by atoms with Gasteiger partial charge >= 0.3 is 0 Å². The minimum absolute atomic E-state index is 0.562. The molecule has 2 rings (SSSR count). The van der Waals surface area contributed by atoms with E-state index in [4.69, 9.17) is 5.73 Å². The van der Waals surface area contributed by atoms with Crippen LogP contribution in [0.15, 0.2) is 18.3 Å². The van der Waals surface area contributed by atoms with Crippen LogP contribution in [0.25, 0.3) is 0 Å². The van der Waals surface area contributed by atoms with Gasteiger partial charge in [-0.3, -0.25) is 4.90 Å². The van der Waals surface area contributed by atoms with Crippen LogP contribution in [-0.2, 0) is 0 Å². The first kappa shape index (κ1) is 13.1. The van der Waals surface area contributed by atoms with E-state index < -0.39 is 5.60 Å². The number of hydrogen-bond acceptors (Lipinski definition) is 5. The lowest BCUT2D eigenvalue weighted by atomic mass is 10.1. The first-order valence-corrected chi connectivity index (χ1v) is 6.35. The van der Waals surface area contributed by atoms with Crippen molar-refractivity contribution in [3.63, 3.8) is 0 Å². The van der Waals surface area contributed by atoms with Crippen molar-refractivity contribution in [2.24, 2.45) is 0 Å². The second-order valence-electron chi connectivity index (χ2n) is 5.51. The summed E-state index contributed by atoms with van der Waals surface area (Å²) in [6, 6.07) is 3.90. The predicted octanol–water partition coefficient (Wildman–Crippen LogP) is 0.557. The lowest BCUT2D eigenvalue weighted by molar-refractivity contribution is 0.0345. The molecule has 0 atom stereocenters. The third-order valence-electron chi connectivity index (χ3n) is 3.11. The van der Waals surface area contributed by atoms with Gasteiger partial charge in [-0.1, -0.05) is 0 Å². The summed E-state index contributed by atoms with van der Waals surface area (Å²) in [4.78, 5) is 8.60. The molecule has 5 nitrogen and oxygen atoms in total. The predicted molar refractivity (Wildman–Crippen MR) is 73.6 cm³/mol. The third kappa shape index (κ3) is 3.58. The topological polar surface area (TPSA) is 65.6 Å². The minimum Gasteiger partial charge on any atom is -0.389 e. The number of nitrogen functional groups attached to an aromatic ring is 1. The summed E-state index contributed by atoms with van der Waals surface area (Å²) in [5.74, 6) is 0.562. The highest BCUT2D eigenvalue weighted by atomic mass is 16.3. The van der Waals surface area contributed by atoms with E-state index >= 15 is 0 Å². The fraction of sp³-hybridized carbons (Fsp3) is 0.615. The number of rotatable bonds is 3. The molecular weight excluding hydrogens is 228 g/mol. The van der Waals surface area contributed by atoms with Crippen molar-refractivity contribution in [2.75, 3.05) is 43.4 Å². The molecule has 0 unspecified atom stereocenters. The van der Waals surface area contributed by atoms with Gasteiger partial charge in [-0.25, -0.2) is 4.98 Å². The highest BCUT2D eigenvalue weighted by Crippen LogP contribution is 2.18. The van der Waals surface area contributed by atoms with E-state index in [0.717, 1.165) is 38.4 Å². The van der Waals surface area contributed by atoms with Crippen LogP contribution in [0.4, 0.5) is 11.5 Å². The molecule has 1 aromatic rings. The van der Waals surface area contributed by atoms with Gasteiger partial charge in [0.05, 0.1) is 5.60 Å². The van der Waals surface area contributed by atoms with E-state index in [1.165, 1.54) is 0 Å². The maximum Gasteiger partial charge on any atom is 0.125 e. The van der Waals surface area contributed by atoms with Crippen LogP contribution in [0.3, 0.4) is 0 Å². The van der Waals surface area contributed by atoms with Crippen molar-refractivity contribution >= 4 is 11.5 Å². The first-order valence-electron chi connectivity index (χ1n) is 6.35. The summed E-state index contributed by atoms with van der Waals surface area (Å²) in [5, 5.41) is 9.81. The number of aliphatic hydroxyl groups is 1. The first-order chi connectivity index (χ1) is 8.44. The van der Waals surface area contributed by atoms with Crippen LogP contribution in [0.5, 0.6) is 0 Å². The van der Waals surface area contributed by atoms with Crippen LogP contribution in [0.1, 0.15) is 13.8 Å². The number of aromatic nitrogens is 1. The van der Waals surface area contributed by atoms with Crippen LogP contribution in [-0.4, -0.2) is 53.3 Å². The Morgan fingerprint density at radius 2 is 2.00 bits per heavy atom. The second-order valence-corrected chi connectivity index (χ2v) is 5.51. The summed E-state index contributed by atoms with van der Waals surface area (Å²) in [6.45, 7) is 8.27. The van der Waals surface area contributed by atoms with Gasteiger partial charge < -0.3 is 15.7 Å². The van der Waals surface area contributed by atoms with E-state index in [2.05, 4.69) is 14.8 Å². The molecular formula is C13H22N4O. The summed E-state index contributed by atoms with van der Waals surface area (Å²) in [7, 11) is 0. The fourth-order valence-corrected chi connectivity index (χ4v) is 2.34. The Morgan fingerprint density at radius 1 is 1.33 bits per heavy atom. The Morgan fingerprint density at radius 3 is 2.56 bits per heavy atom. The molecule has 0 aromatic carbocycles. The average Bonchev–Trinajstić information content (AvgIpc) is 2.28. The van der Waals surface area contributed by atoms with E-state index in [9.17, 15) is 5.11 Å². The van der Waals surface area contributed by atoms with E-state index in [0.29, 0.717) is 5.82 Å². The second kappa shape index (κ2) is 5.12. The average molecular weight is 250 g/mol. The van der Waals surface area contributed by atoms with Crippen LogP contribution < -0.4 is 10.6 Å². The molecule has 1 aliphatic rings. The molecule has 1 saturated heterocycles. The van der Waals surface area contributed by atoms with Gasteiger partial charge in [-0.2, -0.15) is 0 Å². The smallest absolute Gasteiger partial charge is 0.125 e. The Kier molecular flexibility index (Phi) is 3.73. The van der Waals surface area contributed by atoms with Gasteiger partial charge in [0, 0.05) is 50.7 Å². The van der Waals surface area contributed by atoms with Crippen molar-refractivity contribution in [1.29, 1.82) is 0 Å². The quantitative estimate of drug-likeness (QED) is 0.820. The van der Waals surface area contributed by atoms with Gasteiger partial charge in [-0.15, -0.1) is 0 Å². The number of hydrogen-bond donors (Lipinski definition) is 2. The molecule has 0 radical (unpaired) electrons. The van der Waals surface area contributed by atoms with Crippen molar-refractivity contribution in [1.82, 2.24) is 9.88 Å². The summed E-state index contributed by atoms with van der Waals surface area (Å²) in [5.41, 5.74) is 6.20. The maximum atomic E-state index is 9.81. The highest BCUT2D eigenvalue weighted by Gasteiger charge is 2.22. The van der Waals surface area contributed by atoms with Crippen LogP contribution in [0, 0.1) is 0 Å². The lowest BCUT2D eigenvalue weighted by Crippen LogP contribution is -2.50. The lowest BCUT2D eigenvalue weighted by Gasteiger charge is -2.38. The van der Waals surface area contributed by atoms with Gasteiger partial charge in [0.15, 0.2) is 0 Å². The van der Waals surface area contributed by atoms with Crippen LogP contribution in [0.2, 0.25) is 0 Å². The van der Waals surface area contributed by atoms with E-state index in [1.807, 2.05) is 26.0 Å². The van der Waals surface area contributed by atoms with Gasteiger partial charge in [0.25, 0.3) is 0 Å². The molecule has 5 heteroatoms. The van der Waals surface area contributed by atoms with Crippen LogP contribution >= 0.6 is 0 Å². The number of nitrogens with two attached hydrogens (primary N) is 1. The van der Waals surface area contributed by atoms with Crippen molar-refractivity contribution < 1.29 is 5.11 Å². The van der Waals surface area contributed by atoms with E-state index in [-0.39, 0.29) is 0 Å². The zero-order chi connectivity index (χ0) is 13.2. The van der Waals surface area contributed by atoms with Crippen molar-refractivity contribution in [2.45, 2.75) is 19.4 Å². The molecule has 0 amide bonds. The maximum absolute atomic E-state index is 9.81. The molecule has 0 aliphatic carbocycles. The van der Waals surface area contributed by atoms with Crippen molar-refractivity contribution in [3.8, 4) is 0 Å². The molecule has 0 saturated carbocycles. The number of pyridine rings is 1. The fourth-order valence-electron chi connectivity index (χ4n) is 2.34. The highest BCUT2D eigenvalue weighted by molar-refractivity contribution is 5.52. The van der Waals surface area contributed by atoms with Gasteiger partial charge in [0.2, 0.25) is 0 Å². The molecule has 0 spiro atoms. The summed E-state index contributed by atoms with van der Waals surface area (Å²) < 4.78 is 0. The normalized spacial score (nSPS) is 18.1. The molecule has 1 aromatic heterocycles. The molecule has 100 valence electrons. The molecule has 2 heterocycles. The van der Waals surface area contributed by atoms with Gasteiger partial charge in [-0.05, 0) is 19.9 Å². The Hall–Kier alpha value is -1.33. The monoisotopic (exact) mass is 250 g/mol. The number of anilines is 2. The Balaban J connectivity index is 1.91. The molecule has 1 aliphatic heterocycles. The zero-order valence-corrected chi connectivity index (χ0v) is 11.1. The van der Waals surface area contributed by atoms with E-state index in [1.54, 1.807) is 6.20 Å². The standard InChI is InChI=1S/C13H22N4O/c1-13(2,18)10-16-5-7-17(8-6-16)11-3-4-15-12(14)9-11/h3-4,9,18H,5-8,10H2,1-2H3,(H2,14,15). The molecule has 1 fully saturated rings. The summed E-state index contributed by atoms with van der Waals surface area (Å²) >= 11 is 0. The minimum atomic E-state index is -0.622. The largest absolute Gasteiger partial charge is 0.389 e.